The summed E-state index contributed by atoms with van der Waals surface area (Å²) >= 11 is 0. The summed E-state index contributed by atoms with van der Waals surface area (Å²) in [4.78, 5) is 27.4. The van der Waals surface area contributed by atoms with E-state index in [1.54, 1.807) is 6.92 Å². The highest BCUT2D eigenvalue weighted by atomic mass is 19.1. The van der Waals surface area contributed by atoms with Crippen molar-refractivity contribution in [2.45, 2.75) is 25.8 Å². The summed E-state index contributed by atoms with van der Waals surface area (Å²) in [6.45, 7) is 3.08. The Morgan fingerprint density at radius 1 is 0.963 bits per heavy atom. The molecular weight excluding hydrogens is 357 g/mol. The van der Waals surface area contributed by atoms with E-state index in [1.807, 2.05) is 0 Å². The molecule has 0 aliphatic carbocycles. The molecule has 2 aromatic carbocycles. The minimum atomic E-state index is -0.854. The molecule has 2 N–H and O–H groups in total. The molecule has 0 saturated heterocycles. The largest absolute Gasteiger partial charge is 0.349 e. The first-order valence-electron chi connectivity index (χ1n) is 8.34. The van der Waals surface area contributed by atoms with Crippen LogP contribution in [-0.4, -0.2) is 10.9 Å². The van der Waals surface area contributed by atoms with Crippen molar-refractivity contribution in [3.8, 4) is 0 Å². The maximum atomic E-state index is 13.9. The zero-order valence-corrected chi connectivity index (χ0v) is 14.6. The van der Waals surface area contributed by atoms with Crippen molar-refractivity contribution < 1.29 is 18.0 Å². The summed E-state index contributed by atoms with van der Waals surface area (Å²) in [7, 11) is 0. The van der Waals surface area contributed by atoms with Gasteiger partial charge in [-0.3, -0.25) is 9.59 Å². The van der Waals surface area contributed by atoms with E-state index in [2.05, 4.69) is 10.3 Å². The fourth-order valence-electron chi connectivity index (χ4n) is 2.93. The third kappa shape index (κ3) is 3.86. The van der Waals surface area contributed by atoms with Gasteiger partial charge in [0.2, 0.25) is 5.91 Å². The molecule has 2 atom stereocenters. The molecule has 1 amide bonds. The van der Waals surface area contributed by atoms with Crippen molar-refractivity contribution in [3.05, 3.63) is 81.4 Å². The van der Waals surface area contributed by atoms with Crippen LogP contribution >= 0.6 is 0 Å². The van der Waals surface area contributed by atoms with Crippen molar-refractivity contribution in [2.24, 2.45) is 0 Å². The SMILES string of the molecule is C[C@H](NC(=O)[C@H](C)c1cc2cc(F)ccc2[nH]c1=O)c1ccc(F)cc1F. The molecule has 0 fully saturated rings. The summed E-state index contributed by atoms with van der Waals surface area (Å²) in [5.41, 5.74) is 0.292. The number of pyridine rings is 1. The number of nitrogens with one attached hydrogen (secondary N) is 2. The van der Waals surface area contributed by atoms with Gasteiger partial charge >= 0.3 is 0 Å². The number of benzene rings is 2. The highest BCUT2D eigenvalue weighted by Crippen LogP contribution is 2.21. The van der Waals surface area contributed by atoms with Gasteiger partial charge in [0, 0.05) is 28.1 Å². The molecule has 0 aliphatic rings. The first-order chi connectivity index (χ1) is 12.8. The Morgan fingerprint density at radius 3 is 2.33 bits per heavy atom. The number of halogens is 3. The molecule has 4 nitrogen and oxygen atoms in total. The van der Waals surface area contributed by atoms with Crippen LogP contribution in [0.15, 0.2) is 47.3 Å². The minimum absolute atomic E-state index is 0.131. The molecule has 1 aromatic heterocycles. The van der Waals surface area contributed by atoms with E-state index in [4.69, 9.17) is 0 Å². The zero-order chi connectivity index (χ0) is 19.7. The highest BCUT2D eigenvalue weighted by molar-refractivity contribution is 5.86. The van der Waals surface area contributed by atoms with Crippen LogP contribution in [0.5, 0.6) is 0 Å². The number of H-pyrrole nitrogens is 1. The molecule has 27 heavy (non-hydrogen) atoms. The molecule has 0 unspecified atom stereocenters. The van der Waals surface area contributed by atoms with Gasteiger partial charge in [-0.05, 0) is 44.2 Å². The number of fused-ring (bicyclic) bond motifs is 1. The Hall–Kier alpha value is -3.09. The lowest BCUT2D eigenvalue weighted by Gasteiger charge is -2.18. The summed E-state index contributed by atoms with van der Waals surface area (Å²) in [5.74, 6) is -3.30. The van der Waals surface area contributed by atoms with E-state index >= 15 is 0 Å². The van der Waals surface area contributed by atoms with Gasteiger partial charge in [0.1, 0.15) is 17.5 Å². The number of hydrogen-bond donors (Lipinski definition) is 2. The Kier molecular flexibility index (Phi) is 5.03. The molecule has 7 heteroatoms. The number of carbonyl (C=O) groups excluding carboxylic acids is 1. The van der Waals surface area contributed by atoms with Crippen LogP contribution < -0.4 is 10.9 Å². The molecule has 140 valence electrons. The van der Waals surface area contributed by atoms with Crippen LogP contribution in [0.4, 0.5) is 13.2 Å². The van der Waals surface area contributed by atoms with Gasteiger partial charge in [0.15, 0.2) is 0 Å². The van der Waals surface area contributed by atoms with Crippen molar-refractivity contribution >= 4 is 16.8 Å². The monoisotopic (exact) mass is 374 g/mol. The lowest BCUT2D eigenvalue weighted by molar-refractivity contribution is -0.122. The van der Waals surface area contributed by atoms with E-state index in [9.17, 15) is 22.8 Å². The van der Waals surface area contributed by atoms with Gasteiger partial charge < -0.3 is 10.3 Å². The highest BCUT2D eigenvalue weighted by Gasteiger charge is 2.22. The third-order valence-electron chi connectivity index (χ3n) is 4.48. The number of amides is 1. The van der Waals surface area contributed by atoms with Crippen LogP contribution in [-0.2, 0) is 4.79 Å². The minimum Gasteiger partial charge on any atom is -0.349 e. The lowest BCUT2D eigenvalue weighted by Crippen LogP contribution is -2.33. The summed E-state index contributed by atoms with van der Waals surface area (Å²) < 4.78 is 40.3. The Morgan fingerprint density at radius 2 is 1.63 bits per heavy atom. The van der Waals surface area contributed by atoms with E-state index in [0.717, 1.165) is 12.1 Å². The summed E-state index contributed by atoms with van der Waals surface area (Å²) in [6.07, 6.45) is 0. The molecule has 3 aromatic rings. The lowest BCUT2D eigenvalue weighted by atomic mass is 9.99. The van der Waals surface area contributed by atoms with Crippen molar-refractivity contribution in [2.75, 3.05) is 0 Å². The topological polar surface area (TPSA) is 62.0 Å². The predicted octanol–water partition coefficient (Wildman–Crippen LogP) is 3.93. The van der Waals surface area contributed by atoms with Gasteiger partial charge in [0.05, 0.1) is 12.0 Å². The van der Waals surface area contributed by atoms with Crippen LogP contribution in [0.3, 0.4) is 0 Å². The summed E-state index contributed by atoms with van der Waals surface area (Å²) in [5, 5.41) is 3.07. The molecule has 0 spiro atoms. The third-order valence-corrected chi connectivity index (χ3v) is 4.48. The fourth-order valence-corrected chi connectivity index (χ4v) is 2.93. The second-order valence-corrected chi connectivity index (χ2v) is 6.40. The van der Waals surface area contributed by atoms with Crippen LogP contribution in [0.1, 0.15) is 36.9 Å². The first-order valence-corrected chi connectivity index (χ1v) is 8.34. The van der Waals surface area contributed by atoms with Gasteiger partial charge in [-0.15, -0.1) is 0 Å². The second-order valence-electron chi connectivity index (χ2n) is 6.40. The maximum Gasteiger partial charge on any atom is 0.252 e. The van der Waals surface area contributed by atoms with Crippen LogP contribution in [0.25, 0.3) is 10.9 Å². The number of carbonyl (C=O) groups is 1. The van der Waals surface area contributed by atoms with Crippen LogP contribution in [0, 0.1) is 17.5 Å². The molecule has 0 bridgehead atoms. The molecule has 0 aliphatic heterocycles. The number of rotatable bonds is 4. The maximum absolute atomic E-state index is 13.9. The molecule has 0 radical (unpaired) electrons. The number of hydrogen-bond acceptors (Lipinski definition) is 2. The van der Waals surface area contributed by atoms with Gasteiger partial charge in [0.25, 0.3) is 5.56 Å². The Balaban J connectivity index is 1.85. The molecular formula is C20H17F3N2O2. The molecule has 1 heterocycles. The number of aromatic nitrogens is 1. The first kappa shape index (κ1) is 18.7. The molecule has 0 saturated carbocycles. The Bertz CT molecular complexity index is 1080. The van der Waals surface area contributed by atoms with E-state index < -0.39 is 40.9 Å². The van der Waals surface area contributed by atoms with Gasteiger partial charge in [-0.25, -0.2) is 13.2 Å². The van der Waals surface area contributed by atoms with Gasteiger partial charge in [-0.2, -0.15) is 0 Å². The second kappa shape index (κ2) is 7.26. The number of aromatic amines is 1. The molecule has 3 rings (SSSR count). The van der Waals surface area contributed by atoms with E-state index in [-0.39, 0.29) is 11.1 Å². The van der Waals surface area contributed by atoms with Crippen molar-refractivity contribution in [1.29, 1.82) is 0 Å². The standard InChI is InChI=1S/C20H17F3N2O2/c1-10(16-8-12-7-13(21)4-6-18(12)25-20(16)27)19(26)24-11(2)15-5-3-14(22)9-17(15)23/h3-11H,1-2H3,(H,24,26)(H,25,27)/t10-,11+/m1/s1. The normalized spacial score (nSPS) is 13.4. The van der Waals surface area contributed by atoms with Gasteiger partial charge in [-0.1, -0.05) is 6.07 Å². The van der Waals surface area contributed by atoms with Crippen molar-refractivity contribution in [1.82, 2.24) is 10.3 Å². The average Bonchev–Trinajstić information content (AvgIpc) is 2.60. The smallest absolute Gasteiger partial charge is 0.252 e. The van der Waals surface area contributed by atoms with E-state index in [1.165, 1.54) is 37.3 Å². The summed E-state index contributed by atoms with van der Waals surface area (Å²) in [6, 6.07) is 7.77. The van der Waals surface area contributed by atoms with Crippen LogP contribution in [0.2, 0.25) is 0 Å². The zero-order valence-electron chi connectivity index (χ0n) is 14.6. The average molecular weight is 374 g/mol. The predicted molar refractivity (Wildman–Crippen MR) is 95.9 cm³/mol. The fraction of sp³-hybridized carbons (Fsp3) is 0.200. The Labute approximate surface area is 153 Å². The quantitative estimate of drug-likeness (QED) is 0.727. The van der Waals surface area contributed by atoms with E-state index in [0.29, 0.717) is 10.9 Å². The van der Waals surface area contributed by atoms with Crippen molar-refractivity contribution in [3.63, 3.8) is 0 Å².